The molecule has 1 unspecified atom stereocenters. The molecule has 0 fully saturated rings. The van der Waals surface area contributed by atoms with Crippen LogP contribution >= 0.6 is 0 Å². The van der Waals surface area contributed by atoms with Gasteiger partial charge in [0.25, 0.3) is 5.91 Å². The number of carbonyl (C=O) groups excluding carboxylic acids is 1. The molecule has 1 N–H and O–H groups in total. The van der Waals surface area contributed by atoms with Gasteiger partial charge in [0.15, 0.2) is 0 Å². The largest absolute Gasteiger partial charge is 0.310 e. The summed E-state index contributed by atoms with van der Waals surface area (Å²) in [5.74, 6) is 0.147. The van der Waals surface area contributed by atoms with Crippen molar-refractivity contribution in [3.05, 3.63) is 83.9 Å². The standard InChI is InChI=1S/C25H24N2O/c28-25-22-12-4-9-19-10-5-13-23(24(19)22)27(25)16-6-11-21-17-20(14-15-26-21)18-7-2-1-3-8-18/h1-5,7-10,12-14,21,26H,6,11,15-17H2. The molecule has 0 bridgehead atoms. The summed E-state index contributed by atoms with van der Waals surface area (Å²) in [5, 5.41) is 5.87. The third kappa shape index (κ3) is 3.02. The minimum atomic E-state index is 0.147. The van der Waals surface area contributed by atoms with Gasteiger partial charge in [0, 0.05) is 30.1 Å². The minimum Gasteiger partial charge on any atom is -0.310 e. The van der Waals surface area contributed by atoms with Crippen LogP contribution in [0.2, 0.25) is 0 Å². The van der Waals surface area contributed by atoms with Gasteiger partial charge >= 0.3 is 0 Å². The number of nitrogens with one attached hydrogen (secondary N) is 1. The predicted octanol–water partition coefficient (Wildman–Crippen LogP) is 5.03. The molecule has 2 heterocycles. The van der Waals surface area contributed by atoms with Crippen molar-refractivity contribution in [2.45, 2.75) is 25.3 Å². The maximum absolute atomic E-state index is 12.9. The summed E-state index contributed by atoms with van der Waals surface area (Å²) in [4.78, 5) is 14.9. The van der Waals surface area contributed by atoms with Crippen LogP contribution in [-0.2, 0) is 0 Å². The molecule has 140 valence electrons. The zero-order valence-corrected chi connectivity index (χ0v) is 15.9. The molecule has 0 aromatic heterocycles. The molecule has 3 nitrogen and oxygen atoms in total. The zero-order valence-electron chi connectivity index (χ0n) is 15.9. The first-order valence-electron chi connectivity index (χ1n) is 10.1. The van der Waals surface area contributed by atoms with E-state index in [4.69, 9.17) is 0 Å². The van der Waals surface area contributed by atoms with Crippen LogP contribution < -0.4 is 10.2 Å². The lowest BCUT2D eigenvalue weighted by molar-refractivity contribution is 0.0992. The van der Waals surface area contributed by atoms with Crippen molar-refractivity contribution in [3.63, 3.8) is 0 Å². The number of nitrogens with zero attached hydrogens (tertiary/aromatic N) is 1. The maximum Gasteiger partial charge on any atom is 0.258 e. The first kappa shape index (κ1) is 17.2. The molecule has 2 aliphatic rings. The van der Waals surface area contributed by atoms with Crippen molar-refractivity contribution in [1.29, 1.82) is 0 Å². The van der Waals surface area contributed by atoms with E-state index in [1.807, 2.05) is 23.1 Å². The maximum atomic E-state index is 12.9. The van der Waals surface area contributed by atoms with Gasteiger partial charge in [-0.15, -0.1) is 0 Å². The predicted molar refractivity (Wildman–Crippen MR) is 116 cm³/mol. The van der Waals surface area contributed by atoms with E-state index in [1.165, 1.54) is 11.1 Å². The van der Waals surface area contributed by atoms with E-state index in [-0.39, 0.29) is 5.91 Å². The van der Waals surface area contributed by atoms with Gasteiger partial charge < -0.3 is 10.2 Å². The monoisotopic (exact) mass is 368 g/mol. The molecule has 3 aromatic rings. The van der Waals surface area contributed by atoms with E-state index in [1.54, 1.807) is 0 Å². The normalized spacial score (nSPS) is 18.6. The number of amides is 1. The molecule has 2 aliphatic heterocycles. The first-order valence-corrected chi connectivity index (χ1v) is 10.1. The Bertz CT molecular complexity index is 1050. The highest BCUT2D eigenvalue weighted by Crippen LogP contribution is 2.37. The Hall–Kier alpha value is -2.91. The van der Waals surface area contributed by atoms with Gasteiger partial charge in [-0.2, -0.15) is 0 Å². The van der Waals surface area contributed by atoms with Crippen LogP contribution in [0.3, 0.4) is 0 Å². The number of hydrogen-bond acceptors (Lipinski definition) is 2. The third-order valence-electron chi connectivity index (χ3n) is 5.95. The van der Waals surface area contributed by atoms with Gasteiger partial charge in [-0.3, -0.25) is 4.79 Å². The number of anilines is 1. The van der Waals surface area contributed by atoms with Crippen molar-refractivity contribution in [3.8, 4) is 0 Å². The summed E-state index contributed by atoms with van der Waals surface area (Å²) in [6.45, 7) is 1.69. The van der Waals surface area contributed by atoms with Gasteiger partial charge in [0.05, 0.1) is 5.69 Å². The van der Waals surface area contributed by atoms with Crippen LogP contribution in [0.5, 0.6) is 0 Å². The number of carbonyl (C=O) groups is 1. The Kier molecular flexibility index (Phi) is 4.46. The topological polar surface area (TPSA) is 32.3 Å². The van der Waals surface area contributed by atoms with E-state index in [0.29, 0.717) is 6.04 Å². The van der Waals surface area contributed by atoms with Gasteiger partial charge in [-0.25, -0.2) is 0 Å². The van der Waals surface area contributed by atoms with Crippen molar-refractivity contribution in [1.82, 2.24) is 5.32 Å². The SMILES string of the molecule is O=C1c2cccc3cccc(c23)N1CCCC1CC(c2ccccc2)=CCN1. The molecular formula is C25H24N2O. The highest BCUT2D eigenvalue weighted by molar-refractivity contribution is 6.24. The Balaban J connectivity index is 1.24. The van der Waals surface area contributed by atoms with E-state index < -0.39 is 0 Å². The second-order valence-corrected chi connectivity index (χ2v) is 7.68. The highest BCUT2D eigenvalue weighted by Gasteiger charge is 2.29. The number of hydrogen-bond donors (Lipinski definition) is 1. The van der Waals surface area contributed by atoms with Gasteiger partial charge in [-0.05, 0) is 47.9 Å². The molecule has 28 heavy (non-hydrogen) atoms. The number of rotatable bonds is 5. The summed E-state index contributed by atoms with van der Waals surface area (Å²) in [7, 11) is 0. The van der Waals surface area contributed by atoms with E-state index in [9.17, 15) is 4.79 Å². The Morgan fingerprint density at radius 3 is 2.64 bits per heavy atom. The summed E-state index contributed by atoms with van der Waals surface area (Å²) >= 11 is 0. The average Bonchev–Trinajstić information content (AvgIpc) is 3.03. The van der Waals surface area contributed by atoms with Crippen molar-refractivity contribution < 1.29 is 4.79 Å². The van der Waals surface area contributed by atoms with E-state index in [0.717, 1.165) is 54.4 Å². The summed E-state index contributed by atoms with van der Waals surface area (Å²) in [6, 6.07) is 23.3. The van der Waals surface area contributed by atoms with Crippen LogP contribution in [0, 0.1) is 0 Å². The van der Waals surface area contributed by atoms with Crippen LogP contribution in [0.25, 0.3) is 16.3 Å². The lowest BCUT2D eigenvalue weighted by Crippen LogP contribution is -2.34. The van der Waals surface area contributed by atoms with Gasteiger partial charge in [0.1, 0.15) is 0 Å². The van der Waals surface area contributed by atoms with Crippen molar-refractivity contribution >= 4 is 27.9 Å². The average molecular weight is 368 g/mol. The fourth-order valence-electron chi connectivity index (χ4n) is 4.56. The summed E-state index contributed by atoms with van der Waals surface area (Å²) in [5.41, 5.74) is 4.67. The fourth-order valence-corrected chi connectivity index (χ4v) is 4.56. The molecule has 0 aliphatic carbocycles. The smallest absolute Gasteiger partial charge is 0.258 e. The minimum absolute atomic E-state index is 0.147. The summed E-state index contributed by atoms with van der Waals surface area (Å²) < 4.78 is 0. The Labute approximate surface area is 165 Å². The second-order valence-electron chi connectivity index (χ2n) is 7.68. The Morgan fingerprint density at radius 1 is 0.964 bits per heavy atom. The zero-order chi connectivity index (χ0) is 18.9. The van der Waals surface area contributed by atoms with Crippen LogP contribution in [0.15, 0.2) is 72.8 Å². The second kappa shape index (κ2) is 7.25. The molecule has 5 rings (SSSR count). The Morgan fingerprint density at radius 2 is 1.79 bits per heavy atom. The lowest BCUT2D eigenvalue weighted by Gasteiger charge is -2.26. The van der Waals surface area contributed by atoms with Crippen molar-refractivity contribution in [2.75, 3.05) is 18.0 Å². The molecular weight excluding hydrogens is 344 g/mol. The molecule has 3 aromatic carbocycles. The first-order chi connectivity index (χ1) is 13.8. The van der Waals surface area contributed by atoms with Crippen LogP contribution in [-0.4, -0.2) is 25.0 Å². The molecule has 1 amide bonds. The van der Waals surface area contributed by atoms with Crippen LogP contribution in [0.1, 0.15) is 35.2 Å². The molecule has 0 radical (unpaired) electrons. The third-order valence-corrected chi connectivity index (χ3v) is 5.95. The van der Waals surface area contributed by atoms with E-state index >= 15 is 0 Å². The van der Waals surface area contributed by atoms with Crippen LogP contribution in [0.4, 0.5) is 5.69 Å². The highest BCUT2D eigenvalue weighted by atomic mass is 16.2. The fraction of sp³-hybridized carbons (Fsp3) is 0.240. The lowest BCUT2D eigenvalue weighted by atomic mass is 9.93. The molecule has 0 spiro atoms. The summed E-state index contributed by atoms with van der Waals surface area (Å²) in [6.07, 6.45) is 5.41. The van der Waals surface area contributed by atoms with Crippen molar-refractivity contribution in [2.24, 2.45) is 0 Å². The molecule has 1 atom stereocenters. The van der Waals surface area contributed by atoms with E-state index in [2.05, 4.69) is 59.9 Å². The van der Waals surface area contributed by atoms with Gasteiger partial charge in [-0.1, -0.05) is 60.7 Å². The molecule has 0 saturated carbocycles. The number of benzene rings is 3. The quantitative estimate of drug-likeness (QED) is 0.685. The molecule has 3 heteroatoms. The molecule has 0 saturated heterocycles. The van der Waals surface area contributed by atoms with Gasteiger partial charge in [0.2, 0.25) is 0 Å².